The highest BCUT2D eigenvalue weighted by molar-refractivity contribution is 5.97. The molecule has 1 atom stereocenters. The Morgan fingerprint density at radius 3 is 2.64 bits per heavy atom. The summed E-state index contributed by atoms with van der Waals surface area (Å²) in [5.74, 6) is 0.319. The molecule has 1 unspecified atom stereocenters. The number of rotatable bonds is 4. The minimum atomic E-state index is -0.880. The highest BCUT2D eigenvalue weighted by Crippen LogP contribution is 2.41. The van der Waals surface area contributed by atoms with Crippen molar-refractivity contribution in [3.63, 3.8) is 0 Å². The molecule has 0 saturated heterocycles. The molecule has 1 amide bonds. The lowest BCUT2D eigenvalue weighted by atomic mass is 9.97. The van der Waals surface area contributed by atoms with Crippen LogP contribution in [0.5, 0.6) is 5.75 Å². The van der Waals surface area contributed by atoms with Crippen LogP contribution in [0.4, 0.5) is 4.79 Å². The third kappa shape index (κ3) is 2.67. The maximum absolute atomic E-state index is 12.7. The molecule has 0 aliphatic carbocycles. The Kier molecular flexibility index (Phi) is 3.57. The van der Waals surface area contributed by atoms with Crippen LogP contribution in [-0.2, 0) is 0 Å². The monoisotopic (exact) mass is 333 g/mol. The van der Waals surface area contributed by atoms with Crippen molar-refractivity contribution in [3.8, 4) is 17.0 Å². The number of Topliss-reactive ketones (excluding diaryl/α,β-unsaturated/α-hetero) is 1. The molecule has 0 fully saturated rings. The Balaban J connectivity index is 1.58. The number of ketones is 1. The van der Waals surface area contributed by atoms with Crippen molar-refractivity contribution < 1.29 is 14.3 Å². The molecule has 0 spiro atoms. The van der Waals surface area contributed by atoms with E-state index in [0.717, 1.165) is 16.8 Å². The van der Waals surface area contributed by atoms with Gasteiger partial charge in [-0.25, -0.2) is 9.78 Å². The largest absolute Gasteiger partial charge is 0.411 e. The minimum absolute atomic E-state index is 0.00646. The quantitative estimate of drug-likeness (QED) is 0.743. The van der Waals surface area contributed by atoms with Crippen molar-refractivity contribution >= 4 is 11.9 Å². The molecular weight excluding hydrogens is 318 g/mol. The Morgan fingerprint density at radius 2 is 1.88 bits per heavy atom. The average molecular weight is 333 g/mol. The van der Waals surface area contributed by atoms with Gasteiger partial charge in [0.15, 0.2) is 5.78 Å². The third-order valence-electron chi connectivity index (χ3n) is 4.37. The fraction of sp³-hybridized carbons (Fsp3) is 0.105. The molecule has 124 valence electrons. The van der Waals surface area contributed by atoms with Gasteiger partial charge in [-0.15, -0.1) is 0 Å². The van der Waals surface area contributed by atoms with Crippen molar-refractivity contribution in [2.24, 2.45) is 5.73 Å². The van der Waals surface area contributed by atoms with Gasteiger partial charge in [-0.2, -0.15) is 0 Å². The standard InChI is InChI=1S/C19H15N3O3/c20-19(24)25-13-7-5-12(6-8-13)18(23)9-16-14-3-1-2-4-15(14)17-10-21-11-22(16)17/h1-8,10-11,16H,9H2,(H2,20,24). The van der Waals surface area contributed by atoms with Crippen LogP contribution in [0.3, 0.4) is 0 Å². The molecule has 0 bridgehead atoms. The number of nitrogens with two attached hydrogens (primary N) is 1. The summed E-state index contributed by atoms with van der Waals surface area (Å²) in [6, 6.07) is 14.4. The summed E-state index contributed by atoms with van der Waals surface area (Å²) < 4.78 is 6.81. The van der Waals surface area contributed by atoms with Crippen molar-refractivity contribution in [1.29, 1.82) is 0 Å². The summed E-state index contributed by atoms with van der Waals surface area (Å²) >= 11 is 0. The van der Waals surface area contributed by atoms with Gasteiger partial charge in [0.2, 0.25) is 0 Å². The number of primary amides is 1. The van der Waals surface area contributed by atoms with Crippen LogP contribution in [0.2, 0.25) is 0 Å². The number of amides is 1. The van der Waals surface area contributed by atoms with E-state index >= 15 is 0 Å². The van der Waals surface area contributed by atoms with E-state index in [2.05, 4.69) is 4.98 Å². The van der Waals surface area contributed by atoms with E-state index in [1.165, 1.54) is 0 Å². The van der Waals surface area contributed by atoms with Gasteiger partial charge in [-0.05, 0) is 29.8 Å². The first kappa shape index (κ1) is 15.1. The van der Waals surface area contributed by atoms with Gasteiger partial charge in [0, 0.05) is 17.5 Å². The van der Waals surface area contributed by atoms with Gasteiger partial charge in [-0.1, -0.05) is 24.3 Å². The number of nitrogens with zero attached hydrogens (tertiary/aromatic N) is 2. The lowest BCUT2D eigenvalue weighted by Crippen LogP contribution is -2.16. The molecule has 0 saturated carbocycles. The summed E-state index contributed by atoms with van der Waals surface area (Å²) in [6.07, 6.45) is 3.03. The van der Waals surface area contributed by atoms with Crippen molar-refractivity contribution in [2.75, 3.05) is 0 Å². The molecule has 4 rings (SSSR count). The lowest BCUT2D eigenvalue weighted by Gasteiger charge is -2.14. The first-order valence-electron chi connectivity index (χ1n) is 7.85. The van der Waals surface area contributed by atoms with Crippen LogP contribution in [-0.4, -0.2) is 21.4 Å². The number of hydrogen-bond donors (Lipinski definition) is 1. The molecule has 25 heavy (non-hydrogen) atoms. The third-order valence-corrected chi connectivity index (χ3v) is 4.37. The van der Waals surface area contributed by atoms with E-state index in [0.29, 0.717) is 17.7 Å². The second-order valence-corrected chi connectivity index (χ2v) is 5.86. The summed E-state index contributed by atoms with van der Waals surface area (Å²) in [5, 5.41) is 0. The topological polar surface area (TPSA) is 87.2 Å². The molecule has 1 aliphatic heterocycles. The maximum Gasteiger partial charge on any atom is 0.409 e. The molecule has 2 aromatic carbocycles. The van der Waals surface area contributed by atoms with Gasteiger partial charge >= 0.3 is 6.09 Å². The molecule has 3 aromatic rings. The number of imidazole rings is 1. The number of benzene rings is 2. The number of carbonyl (C=O) groups excluding carboxylic acids is 2. The SMILES string of the molecule is NC(=O)Oc1ccc(C(=O)CC2c3ccccc3-c3cncn32)cc1. The smallest absolute Gasteiger partial charge is 0.409 e. The lowest BCUT2D eigenvalue weighted by molar-refractivity contribution is 0.0970. The molecule has 6 heteroatoms. The first-order valence-corrected chi connectivity index (χ1v) is 7.85. The molecule has 2 heterocycles. The molecule has 2 N–H and O–H groups in total. The second kappa shape index (κ2) is 5.90. The summed E-state index contributed by atoms with van der Waals surface area (Å²) in [5.41, 5.74) is 8.80. The van der Waals surface area contributed by atoms with E-state index < -0.39 is 6.09 Å². The maximum atomic E-state index is 12.7. The van der Waals surface area contributed by atoms with Crippen molar-refractivity contribution in [2.45, 2.75) is 12.5 Å². The predicted octanol–water partition coefficient (Wildman–Crippen LogP) is 3.18. The van der Waals surface area contributed by atoms with Crippen LogP contribution in [0.15, 0.2) is 61.1 Å². The number of hydrogen-bond acceptors (Lipinski definition) is 4. The van der Waals surface area contributed by atoms with Gasteiger partial charge in [0.1, 0.15) is 5.75 Å². The number of aromatic nitrogens is 2. The van der Waals surface area contributed by atoms with Gasteiger partial charge in [0.25, 0.3) is 0 Å². The molecule has 6 nitrogen and oxygen atoms in total. The zero-order chi connectivity index (χ0) is 17.4. The first-order chi connectivity index (χ1) is 12.1. The van der Waals surface area contributed by atoms with Crippen LogP contribution >= 0.6 is 0 Å². The Morgan fingerprint density at radius 1 is 1.12 bits per heavy atom. The summed E-state index contributed by atoms with van der Waals surface area (Å²) in [7, 11) is 0. The van der Waals surface area contributed by atoms with E-state index in [-0.39, 0.29) is 11.8 Å². The average Bonchev–Trinajstić information content (AvgIpc) is 3.18. The molecule has 0 radical (unpaired) electrons. The number of carbonyl (C=O) groups is 2. The Labute approximate surface area is 143 Å². The molecule has 1 aliphatic rings. The van der Waals surface area contributed by atoms with Gasteiger partial charge < -0.3 is 15.0 Å². The number of fused-ring (bicyclic) bond motifs is 3. The van der Waals surface area contributed by atoms with E-state index in [1.807, 2.05) is 35.0 Å². The van der Waals surface area contributed by atoms with Crippen molar-refractivity contribution in [3.05, 3.63) is 72.2 Å². The Bertz CT molecular complexity index is 960. The fourth-order valence-electron chi connectivity index (χ4n) is 3.26. The predicted molar refractivity (Wildman–Crippen MR) is 91.4 cm³/mol. The van der Waals surface area contributed by atoms with Gasteiger partial charge in [0.05, 0.1) is 24.3 Å². The van der Waals surface area contributed by atoms with E-state index in [4.69, 9.17) is 10.5 Å². The fourth-order valence-corrected chi connectivity index (χ4v) is 3.26. The van der Waals surface area contributed by atoms with E-state index in [9.17, 15) is 9.59 Å². The second-order valence-electron chi connectivity index (χ2n) is 5.86. The zero-order valence-corrected chi connectivity index (χ0v) is 13.3. The molecular formula is C19H15N3O3. The van der Waals surface area contributed by atoms with Gasteiger partial charge in [-0.3, -0.25) is 4.79 Å². The molecule has 1 aromatic heterocycles. The van der Waals surface area contributed by atoms with Crippen LogP contribution in [0, 0.1) is 0 Å². The highest BCUT2D eigenvalue weighted by atomic mass is 16.5. The highest BCUT2D eigenvalue weighted by Gasteiger charge is 2.29. The summed E-state index contributed by atoms with van der Waals surface area (Å²) in [4.78, 5) is 27.7. The van der Waals surface area contributed by atoms with Crippen LogP contribution in [0.1, 0.15) is 28.4 Å². The van der Waals surface area contributed by atoms with Crippen LogP contribution in [0.25, 0.3) is 11.3 Å². The minimum Gasteiger partial charge on any atom is -0.411 e. The van der Waals surface area contributed by atoms with Crippen LogP contribution < -0.4 is 10.5 Å². The normalized spacial score (nSPS) is 14.6. The number of ether oxygens (including phenoxy) is 1. The zero-order valence-electron chi connectivity index (χ0n) is 13.3. The Hall–Kier alpha value is -3.41. The summed E-state index contributed by atoms with van der Waals surface area (Å²) in [6.45, 7) is 0. The van der Waals surface area contributed by atoms with E-state index in [1.54, 1.807) is 30.6 Å². The van der Waals surface area contributed by atoms with Crippen molar-refractivity contribution in [1.82, 2.24) is 9.55 Å².